The van der Waals surface area contributed by atoms with Gasteiger partial charge in [0.2, 0.25) is 0 Å². The zero-order valence-corrected chi connectivity index (χ0v) is 15.8. The summed E-state index contributed by atoms with van der Waals surface area (Å²) in [4.78, 5) is 28.3. The Labute approximate surface area is 152 Å². The van der Waals surface area contributed by atoms with Gasteiger partial charge in [-0.1, -0.05) is 20.3 Å². The summed E-state index contributed by atoms with van der Waals surface area (Å²) in [5.41, 5.74) is 1.89. The Morgan fingerprint density at radius 1 is 1.36 bits per heavy atom. The molecule has 1 aromatic carbocycles. The minimum absolute atomic E-state index is 0.322. The van der Waals surface area contributed by atoms with Crippen molar-refractivity contribution in [2.24, 2.45) is 5.92 Å². The maximum Gasteiger partial charge on any atom is 0.350 e. The molecule has 0 saturated carbocycles. The van der Waals surface area contributed by atoms with E-state index in [0.29, 0.717) is 46.0 Å². The highest BCUT2D eigenvalue weighted by Crippen LogP contribution is 2.31. The lowest BCUT2D eigenvalue weighted by molar-refractivity contribution is 0.0531. The number of aldehydes is 1. The molecule has 0 saturated heterocycles. The van der Waals surface area contributed by atoms with Gasteiger partial charge in [-0.05, 0) is 38.0 Å². The summed E-state index contributed by atoms with van der Waals surface area (Å²) in [6, 6.07) is 5.38. The quantitative estimate of drug-likeness (QED) is 0.510. The van der Waals surface area contributed by atoms with Gasteiger partial charge in [-0.15, -0.1) is 11.3 Å². The second-order valence-corrected chi connectivity index (χ2v) is 6.85. The zero-order chi connectivity index (χ0) is 18.4. The molecule has 1 aromatic heterocycles. The Hall–Kier alpha value is -2.21. The van der Waals surface area contributed by atoms with Crippen LogP contribution in [-0.2, 0) is 4.74 Å². The normalized spacial score (nSPS) is 11.8. The maximum absolute atomic E-state index is 11.9. The smallest absolute Gasteiger partial charge is 0.350 e. The van der Waals surface area contributed by atoms with Gasteiger partial charge in [0, 0.05) is 5.56 Å². The molecule has 0 fully saturated rings. The van der Waals surface area contributed by atoms with Gasteiger partial charge in [-0.2, -0.15) is 0 Å². The number of aryl methyl sites for hydroxylation is 1. The fourth-order valence-electron chi connectivity index (χ4n) is 2.16. The third-order valence-electron chi connectivity index (χ3n) is 3.86. The van der Waals surface area contributed by atoms with Crippen molar-refractivity contribution in [1.82, 2.24) is 4.98 Å². The first-order valence-electron chi connectivity index (χ1n) is 8.37. The fourth-order valence-corrected chi connectivity index (χ4v) is 3.12. The standard InChI is InChI=1S/C19H23NO4S/c1-5-12(3)11-24-16-8-7-14(9-15(16)10-21)18-20-13(4)17(25-18)19(22)23-6-2/h7-10,12H,5-6,11H2,1-4H3. The molecule has 6 heteroatoms. The number of rotatable bonds is 8. The lowest BCUT2D eigenvalue weighted by Gasteiger charge is -2.13. The number of hydrogen-bond acceptors (Lipinski definition) is 6. The van der Waals surface area contributed by atoms with Crippen molar-refractivity contribution in [3.8, 4) is 16.3 Å². The molecule has 0 N–H and O–H groups in total. The van der Waals surface area contributed by atoms with Crippen molar-refractivity contribution in [1.29, 1.82) is 0 Å². The number of thiazole rings is 1. The monoisotopic (exact) mass is 361 g/mol. The highest BCUT2D eigenvalue weighted by Gasteiger charge is 2.18. The van der Waals surface area contributed by atoms with Gasteiger partial charge >= 0.3 is 5.97 Å². The molecule has 0 bridgehead atoms. The highest BCUT2D eigenvalue weighted by molar-refractivity contribution is 7.17. The topological polar surface area (TPSA) is 65.5 Å². The van der Waals surface area contributed by atoms with Crippen molar-refractivity contribution in [2.75, 3.05) is 13.2 Å². The summed E-state index contributed by atoms with van der Waals surface area (Å²) in [7, 11) is 0. The van der Waals surface area contributed by atoms with Crippen molar-refractivity contribution >= 4 is 23.6 Å². The van der Waals surface area contributed by atoms with Crippen LogP contribution in [0.1, 0.15) is 52.9 Å². The van der Waals surface area contributed by atoms with Crippen molar-refractivity contribution in [2.45, 2.75) is 34.1 Å². The summed E-state index contributed by atoms with van der Waals surface area (Å²) in [5, 5.41) is 0.678. The van der Waals surface area contributed by atoms with Crippen molar-refractivity contribution < 1.29 is 19.1 Å². The van der Waals surface area contributed by atoms with Crippen molar-refractivity contribution in [3.63, 3.8) is 0 Å². The van der Waals surface area contributed by atoms with Crippen molar-refractivity contribution in [3.05, 3.63) is 34.3 Å². The molecule has 2 rings (SSSR count). The molecule has 25 heavy (non-hydrogen) atoms. The average Bonchev–Trinajstić information content (AvgIpc) is 3.01. The third-order valence-corrected chi connectivity index (χ3v) is 5.05. The van der Waals surface area contributed by atoms with E-state index in [1.165, 1.54) is 11.3 Å². The van der Waals surface area contributed by atoms with Crippen LogP contribution in [-0.4, -0.2) is 30.5 Å². The van der Waals surface area contributed by atoms with Crippen LogP contribution >= 0.6 is 11.3 Å². The van der Waals surface area contributed by atoms with Crippen LogP contribution in [0.4, 0.5) is 0 Å². The van der Waals surface area contributed by atoms with Crippen LogP contribution in [0.5, 0.6) is 5.75 Å². The number of hydrogen-bond donors (Lipinski definition) is 0. The van der Waals surface area contributed by atoms with Gasteiger partial charge in [0.15, 0.2) is 6.29 Å². The highest BCUT2D eigenvalue weighted by atomic mass is 32.1. The number of ether oxygens (including phenoxy) is 2. The van der Waals surface area contributed by atoms with E-state index in [1.807, 2.05) is 6.07 Å². The van der Waals surface area contributed by atoms with Crippen LogP contribution < -0.4 is 4.74 Å². The number of nitrogens with zero attached hydrogens (tertiary/aromatic N) is 1. The van der Waals surface area contributed by atoms with Gasteiger partial charge in [0.1, 0.15) is 15.6 Å². The molecule has 1 heterocycles. The SMILES string of the molecule is CCOC(=O)c1sc(-c2ccc(OCC(C)CC)c(C=O)c2)nc1C. The lowest BCUT2D eigenvalue weighted by atomic mass is 10.1. The summed E-state index contributed by atoms with van der Waals surface area (Å²) in [5.74, 6) is 0.624. The predicted octanol–water partition coefficient (Wildman–Crippen LogP) is 4.53. The van der Waals surface area contributed by atoms with E-state index < -0.39 is 0 Å². The molecule has 0 aliphatic carbocycles. The van der Waals surface area contributed by atoms with E-state index in [2.05, 4.69) is 18.8 Å². The Bertz CT molecular complexity index is 754. The van der Waals surface area contributed by atoms with Crippen LogP contribution in [0.25, 0.3) is 10.6 Å². The molecule has 2 aromatic rings. The van der Waals surface area contributed by atoms with E-state index in [4.69, 9.17) is 9.47 Å². The number of carbonyl (C=O) groups excluding carboxylic acids is 2. The van der Waals surface area contributed by atoms with Crippen LogP contribution in [0.3, 0.4) is 0 Å². The van der Waals surface area contributed by atoms with Crippen LogP contribution in [0.15, 0.2) is 18.2 Å². The fraction of sp³-hybridized carbons (Fsp3) is 0.421. The molecule has 0 aliphatic heterocycles. The minimum atomic E-state index is -0.368. The van der Waals surface area contributed by atoms with E-state index >= 15 is 0 Å². The molecule has 0 aliphatic rings. The van der Waals surface area contributed by atoms with E-state index in [1.54, 1.807) is 26.0 Å². The molecular formula is C19H23NO4S. The number of esters is 1. The zero-order valence-electron chi connectivity index (χ0n) is 15.0. The van der Waals surface area contributed by atoms with Gasteiger partial charge in [0.25, 0.3) is 0 Å². The van der Waals surface area contributed by atoms with E-state index in [9.17, 15) is 9.59 Å². The van der Waals surface area contributed by atoms with Crippen LogP contribution in [0, 0.1) is 12.8 Å². The summed E-state index contributed by atoms with van der Waals surface area (Å²) in [6.07, 6.45) is 1.80. The molecule has 5 nitrogen and oxygen atoms in total. The Morgan fingerprint density at radius 2 is 2.12 bits per heavy atom. The van der Waals surface area contributed by atoms with Gasteiger partial charge in [-0.3, -0.25) is 4.79 Å². The van der Waals surface area contributed by atoms with Gasteiger partial charge in [-0.25, -0.2) is 9.78 Å². The molecule has 134 valence electrons. The number of carbonyl (C=O) groups is 2. The summed E-state index contributed by atoms with van der Waals surface area (Å²) >= 11 is 1.27. The molecule has 1 atom stereocenters. The van der Waals surface area contributed by atoms with Gasteiger partial charge < -0.3 is 9.47 Å². The van der Waals surface area contributed by atoms with E-state index in [-0.39, 0.29) is 5.97 Å². The first-order valence-corrected chi connectivity index (χ1v) is 9.18. The largest absolute Gasteiger partial charge is 0.493 e. The second-order valence-electron chi connectivity index (χ2n) is 5.85. The first-order chi connectivity index (χ1) is 12.0. The minimum Gasteiger partial charge on any atom is -0.493 e. The van der Waals surface area contributed by atoms with E-state index in [0.717, 1.165) is 18.3 Å². The maximum atomic E-state index is 11.9. The summed E-state index contributed by atoms with van der Waals surface area (Å²) in [6.45, 7) is 8.64. The second kappa shape index (κ2) is 8.76. The number of benzene rings is 1. The molecule has 0 radical (unpaired) electrons. The number of aromatic nitrogens is 1. The predicted molar refractivity (Wildman–Crippen MR) is 98.6 cm³/mol. The average molecular weight is 361 g/mol. The lowest BCUT2D eigenvalue weighted by Crippen LogP contribution is -2.08. The Kier molecular flexibility index (Phi) is 6.70. The van der Waals surface area contributed by atoms with Crippen LogP contribution in [0.2, 0.25) is 0 Å². The molecular weight excluding hydrogens is 338 g/mol. The molecule has 0 amide bonds. The Balaban J connectivity index is 2.27. The summed E-state index contributed by atoms with van der Waals surface area (Å²) < 4.78 is 10.8. The molecule has 1 unspecified atom stereocenters. The third kappa shape index (κ3) is 4.66. The first kappa shape index (κ1) is 19.1. The molecule has 0 spiro atoms. The Morgan fingerprint density at radius 3 is 2.76 bits per heavy atom. The van der Waals surface area contributed by atoms with Gasteiger partial charge in [0.05, 0.1) is 24.5 Å².